The molecule has 0 spiro atoms. The Bertz CT molecular complexity index is 840. The lowest BCUT2D eigenvalue weighted by Crippen LogP contribution is -2.55. The van der Waals surface area contributed by atoms with Gasteiger partial charge in [-0.2, -0.15) is 0 Å². The van der Waals surface area contributed by atoms with E-state index in [4.69, 9.17) is 9.47 Å². The highest BCUT2D eigenvalue weighted by molar-refractivity contribution is 5.81. The Morgan fingerprint density at radius 3 is 2.23 bits per heavy atom. The van der Waals surface area contributed by atoms with Gasteiger partial charge >= 0.3 is 6.09 Å². The van der Waals surface area contributed by atoms with Crippen LogP contribution in [0, 0.1) is 5.92 Å². The largest absolute Gasteiger partial charge is 0.494 e. The molecule has 0 aliphatic carbocycles. The SMILES string of the molecule is O=C(CCCOc1ccccc1)C1CC2CCCC(C1)N2C(=O)OCc1ccccc1. The van der Waals surface area contributed by atoms with Crippen LogP contribution >= 0.6 is 0 Å². The lowest BCUT2D eigenvalue weighted by molar-refractivity contribution is -0.126. The van der Waals surface area contributed by atoms with Gasteiger partial charge in [-0.25, -0.2) is 4.79 Å². The number of carbonyl (C=O) groups excluding carboxylic acids is 2. The number of ketones is 1. The van der Waals surface area contributed by atoms with E-state index in [9.17, 15) is 9.59 Å². The second kappa shape index (κ2) is 10.5. The van der Waals surface area contributed by atoms with Gasteiger partial charge in [-0.3, -0.25) is 4.79 Å². The Kier molecular flexibility index (Phi) is 7.23. The number of Topliss-reactive ketones (excluding diaryl/α,β-unsaturated/α-hetero) is 1. The molecular formula is C26H31NO4. The minimum atomic E-state index is -0.235. The molecule has 2 saturated heterocycles. The van der Waals surface area contributed by atoms with E-state index in [-0.39, 0.29) is 24.1 Å². The number of piperidine rings is 2. The maximum absolute atomic E-state index is 12.8. The smallest absolute Gasteiger partial charge is 0.410 e. The first kappa shape index (κ1) is 21.4. The molecule has 31 heavy (non-hydrogen) atoms. The number of fused-ring (bicyclic) bond motifs is 2. The lowest BCUT2D eigenvalue weighted by atomic mass is 9.76. The predicted octanol–water partition coefficient (Wildman–Crippen LogP) is 5.38. The number of rotatable bonds is 8. The first-order chi connectivity index (χ1) is 15.2. The van der Waals surface area contributed by atoms with Crippen molar-refractivity contribution in [3.8, 4) is 5.75 Å². The van der Waals surface area contributed by atoms with Crippen LogP contribution in [0.15, 0.2) is 60.7 Å². The minimum absolute atomic E-state index is 0.0465. The van der Waals surface area contributed by atoms with Gasteiger partial charge in [0.1, 0.15) is 18.1 Å². The summed E-state index contributed by atoms with van der Waals surface area (Å²) in [5, 5.41) is 0. The van der Waals surface area contributed by atoms with Gasteiger partial charge in [-0.1, -0.05) is 48.5 Å². The molecular weight excluding hydrogens is 390 g/mol. The minimum Gasteiger partial charge on any atom is -0.494 e. The lowest BCUT2D eigenvalue weighted by Gasteiger charge is -2.47. The summed E-state index contributed by atoms with van der Waals surface area (Å²) in [5.74, 6) is 1.20. The fourth-order valence-corrected chi connectivity index (χ4v) is 4.89. The number of para-hydroxylation sites is 1. The molecule has 5 heteroatoms. The van der Waals surface area contributed by atoms with Crippen molar-refractivity contribution < 1.29 is 19.1 Å². The van der Waals surface area contributed by atoms with Crippen LogP contribution in [0.1, 0.15) is 50.5 Å². The molecule has 2 aromatic carbocycles. The van der Waals surface area contributed by atoms with E-state index in [1.807, 2.05) is 65.6 Å². The van der Waals surface area contributed by atoms with Crippen molar-refractivity contribution in [2.75, 3.05) is 6.61 Å². The first-order valence-corrected chi connectivity index (χ1v) is 11.4. The second-order valence-corrected chi connectivity index (χ2v) is 8.59. The fourth-order valence-electron chi connectivity index (χ4n) is 4.89. The topological polar surface area (TPSA) is 55.8 Å². The highest BCUT2D eigenvalue weighted by Crippen LogP contribution is 2.38. The average Bonchev–Trinajstić information content (AvgIpc) is 2.80. The van der Waals surface area contributed by atoms with Crippen LogP contribution in [-0.2, 0) is 16.1 Å². The predicted molar refractivity (Wildman–Crippen MR) is 119 cm³/mol. The average molecular weight is 422 g/mol. The van der Waals surface area contributed by atoms with Crippen molar-refractivity contribution in [2.45, 2.75) is 63.6 Å². The molecule has 0 aromatic heterocycles. The zero-order valence-electron chi connectivity index (χ0n) is 17.9. The molecule has 0 N–H and O–H groups in total. The van der Waals surface area contributed by atoms with Gasteiger partial charge in [0.2, 0.25) is 0 Å². The molecule has 2 unspecified atom stereocenters. The third-order valence-corrected chi connectivity index (χ3v) is 6.43. The Morgan fingerprint density at radius 2 is 1.55 bits per heavy atom. The Labute approximate surface area is 184 Å². The summed E-state index contributed by atoms with van der Waals surface area (Å²) in [5.41, 5.74) is 0.990. The van der Waals surface area contributed by atoms with Crippen LogP contribution in [-0.4, -0.2) is 35.5 Å². The summed E-state index contributed by atoms with van der Waals surface area (Å²) in [6.07, 6.45) is 5.57. The van der Waals surface area contributed by atoms with E-state index in [0.29, 0.717) is 25.4 Å². The van der Waals surface area contributed by atoms with Gasteiger partial charge in [-0.05, 0) is 56.2 Å². The monoisotopic (exact) mass is 421 g/mol. The van der Waals surface area contributed by atoms with Crippen LogP contribution in [0.3, 0.4) is 0 Å². The summed E-state index contributed by atoms with van der Waals surface area (Å²) in [6.45, 7) is 0.840. The van der Waals surface area contributed by atoms with Crippen LogP contribution in [0.5, 0.6) is 5.75 Å². The van der Waals surface area contributed by atoms with E-state index in [2.05, 4.69) is 0 Å². The third kappa shape index (κ3) is 5.66. The molecule has 5 nitrogen and oxygen atoms in total. The molecule has 4 rings (SSSR count). The van der Waals surface area contributed by atoms with Gasteiger partial charge in [0, 0.05) is 24.4 Å². The van der Waals surface area contributed by atoms with E-state index in [1.165, 1.54) is 0 Å². The van der Waals surface area contributed by atoms with Gasteiger partial charge in [0.25, 0.3) is 0 Å². The van der Waals surface area contributed by atoms with E-state index in [1.54, 1.807) is 0 Å². The van der Waals surface area contributed by atoms with Crippen LogP contribution in [0.2, 0.25) is 0 Å². The first-order valence-electron chi connectivity index (χ1n) is 11.4. The highest BCUT2D eigenvalue weighted by atomic mass is 16.6. The van der Waals surface area contributed by atoms with Crippen molar-refractivity contribution in [1.29, 1.82) is 0 Å². The van der Waals surface area contributed by atoms with Gasteiger partial charge in [-0.15, -0.1) is 0 Å². The number of hydrogen-bond acceptors (Lipinski definition) is 4. The van der Waals surface area contributed by atoms with Crippen LogP contribution in [0.25, 0.3) is 0 Å². The molecule has 0 radical (unpaired) electrons. The number of benzene rings is 2. The maximum atomic E-state index is 12.8. The molecule has 2 heterocycles. The van der Waals surface area contributed by atoms with E-state index in [0.717, 1.165) is 49.8 Å². The molecule has 164 valence electrons. The zero-order valence-corrected chi connectivity index (χ0v) is 17.9. The summed E-state index contributed by atoms with van der Waals surface area (Å²) < 4.78 is 11.3. The Morgan fingerprint density at radius 1 is 0.903 bits per heavy atom. The maximum Gasteiger partial charge on any atom is 0.410 e. The van der Waals surface area contributed by atoms with Crippen LogP contribution in [0.4, 0.5) is 4.79 Å². The normalized spacial score (nSPS) is 22.6. The molecule has 2 aliphatic rings. The fraction of sp³-hybridized carbons (Fsp3) is 0.462. The quantitative estimate of drug-likeness (QED) is 0.537. The molecule has 2 bridgehead atoms. The summed E-state index contributed by atoms with van der Waals surface area (Å²) >= 11 is 0. The standard InChI is InChI=1S/C26H31NO4/c28-25(15-8-16-30-24-13-5-2-6-14-24)21-17-22-11-7-12-23(18-21)27(22)26(29)31-19-20-9-3-1-4-10-20/h1-6,9-10,13-14,21-23H,7-8,11-12,15-19H2. The summed E-state index contributed by atoms with van der Waals surface area (Å²) in [7, 11) is 0. The molecule has 2 aliphatic heterocycles. The van der Waals surface area contributed by atoms with Gasteiger partial charge < -0.3 is 14.4 Å². The van der Waals surface area contributed by atoms with Crippen molar-refractivity contribution in [2.24, 2.45) is 5.92 Å². The van der Waals surface area contributed by atoms with Crippen molar-refractivity contribution >= 4 is 11.9 Å². The second-order valence-electron chi connectivity index (χ2n) is 8.59. The summed E-state index contributed by atoms with van der Waals surface area (Å²) in [6, 6.07) is 19.7. The Balaban J connectivity index is 1.25. The zero-order chi connectivity index (χ0) is 21.5. The summed E-state index contributed by atoms with van der Waals surface area (Å²) in [4.78, 5) is 27.6. The molecule has 1 amide bonds. The molecule has 0 saturated carbocycles. The number of amides is 1. The number of nitrogens with zero attached hydrogens (tertiary/aromatic N) is 1. The molecule has 2 aromatic rings. The Hall–Kier alpha value is -2.82. The number of carbonyl (C=O) groups is 2. The highest BCUT2D eigenvalue weighted by Gasteiger charge is 2.43. The molecule has 2 atom stereocenters. The van der Waals surface area contributed by atoms with Gasteiger partial charge in [0.05, 0.1) is 6.61 Å². The van der Waals surface area contributed by atoms with Crippen LogP contribution < -0.4 is 4.74 Å². The van der Waals surface area contributed by atoms with Crippen molar-refractivity contribution in [1.82, 2.24) is 4.90 Å². The third-order valence-electron chi connectivity index (χ3n) is 6.43. The number of hydrogen-bond donors (Lipinski definition) is 0. The van der Waals surface area contributed by atoms with Crippen molar-refractivity contribution in [3.05, 3.63) is 66.2 Å². The number of ether oxygens (including phenoxy) is 2. The molecule has 2 fully saturated rings. The van der Waals surface area contributed by atoms with Gasteiger partial charge in [0.15, 0.2) is 0 Å². The van der Waals surface area contributed by atoms with E-state index >= 15 is 0 Å². The van der Waals surface area contributed by atoms with E-state index < -0.39 is 0 Å². The van der Waals surface area contributed by atoms with Crippen molar-refractivity contribution in [3.63, 3.8) is 0 Å².